The number of nitrogens with zero attached hydrogens (tertiary/aromatic N) is 7. The Morgan fingerprint density at radius 2 is 1.82 bits per heavy atom. The summed E-state index contributed by atoms with van der Waals surface area (Å²) < 4.78 is 7.83. The highest BCUT2D eigenvalue weighted by molar-refractivity contribution is 7.99. The van der Waals surface area contributed by atoms with Crippen molar-refractivity contribution in [1.82, 2.24) is 24.8 Å². The molecule has 0 unspecified atom stereocenters. The predicted octanol–water partition coefficient (Wildman–Crippen LogP) is 5.60. The monoisotopic (exact) mass is 579 g/mol. The molecule has 0 spiro atoms. The van der Waals surface area contributed by atoms with Crippen LogP contribution in [0.15, 0.2) is 42.9 Å². The van der Waals surface area contributed by atoms with E-state index in [0.29, 0.717) is 16.8 Å². The first-order valence-electron chi connectivity index (χ1n) is 13.1. The minimum Gasteiger partial charge on any atom is -0.494 e. The zero-order chi connectivity index (χ0) is 28.2. The van der Waals surface area contributed by atoms with Crippen LogP contribution in [0.3, 0.4) is 0 Å². The molecule has 0 bridgehead atoms. The molecular formula is C28H34ClN9OS. The van der Waals surface area contributed by atoms with Crippen LogP contribution in [0.25, 0.3) is 11.0 Å². The third-order valence-electron chi connectivity index (χ3n) is 7.07. The van der Waals surface area contributed by atoms with Crippen molar-refractivity contribution in [2.75, 3.05) is 73.5 Å². The summed E-state index contributed by atoms with van der Waals surface area (Å²) in [6.45, 7) is 6.23. The zero-order valence-corrected chi connectivity index (χ0v) is 25.0. The van der Waals surface area contributed by atoms with Crippen molar-refractivity contribution >= 4 is 69.1 Å². The molecule has 2 aromatic carbocycles. The van der Waals surface area contributed by atoms with Crippen LogP contribution in [-0.2, 0) is 6.42 Å². The third kappa shape index (κ3) is 5.81. The van der Waals surface area contributed by atoms with Gasteiger partial charge in [-0.2, -0.15) is 4.98 Å². The smallest absolute Gasteiger partial charge is 0.229 e. The van der Waals surface area contributed by atoms with E-state index in [-0.39, 0.29) is 0 Å². The average molecular weight is 580 g/mol. The number of halogens is 1. The topological polar surface area (TPSA) is 94.6 Å². The summed E-state index contributed by atoms with van der Waals surface area (Å²) in [6.07, 6.45) is 7.87. The van der Waals surface area contributed by atoms with Gasteiger partial charge in [-0.15, -0.1) is 0 Å². The molecule has 10 nitrogen and oxygen atoms in total. The molecule has 0 aliphatic carbocycles. The number of nitrogens with one attached hydrogen (secondary N) is 2. The fourth-order valence-corrected chi connectivity index (χ4v) is 5.31. The second-order valence-electron chi connectivity index (χ2n) is 9.53. The van der Waals surface area contributed by atoms with Crippen molar-refractivity contribution in [3.63, 3.8) is 0 Å². The van der Waals surface area contributed by atoms with E-state index >= 15 is 0 Å². The maximum Gasteiger partial charge on any atom is 0.229 e. The summed E-state index contributed by atoms with van der Waals surface area (Å²) in [5, 5.41) is 7.15. The minimum absolute atomic E-state index is 0.397. The maximum absolute atomic E-state index is 6.56. The van der Waals surface area contributed by atoms with Crippen molar-refractivity contribution in [3.8, 4) is 5.75 Å². The van der Waals surface area contributed by atoms with Gasteiger partial charge in [-0.1, -0.05) is 30.5 Å². The molecule has 1 aliphatic heterocycles. The van der Waals surface area contributed by atoms with Gasteiger partial charge in [0, 0.05) is 63.6 Å². The van der Waals surface area contributed by atoms with E-state index in [2.05, 4.69) is 61.5 Å². The van der Waals surface area contributed by atoms with E-state index in [1.165, 1.54) is 11.3 Å². The molecule has 3 heterocycles. The molecule has 1 fully saturated rings. The first-order chi connectivity index (χ1) is 19.4. The number of anilines is 6. The molecule has 210 valence electrons. The van der Waals surface area contributed by atoms with Crippen LogP contribution in [0.4, 0.5) is 34.5 Å². The van der Waals surface area contributed by atoms with Gasteiger partial charge in [0.15, 0.2) is 5.82 Å². The first kappa shape index (κ1) is 28.0. The highest BCUT2D eigenvalue weighted by Gasteiger charge is 2.20. The Balaban J connectivity index is 1.46. The minimum atomic E-state index is 0.397. The van der Waals surface area contributed by atoms with Gasteiger partial charge in [-0.25, -0.2) is 4.98 Å². The Bertz CT molecular complexity index is 1500. The molecule has 12 heteroatoms. The highest BCUT2D eigenvalue weighted by Crippen LogP contribution is 2.39. The Morgan fingerprint density at radius 1 is 1.05 bits per heavy atom. The highest BCUT2D eigenvalue weighted by atomic mass is 35.5. The number of ether oxygens (including phenoxy) is 1. The second-order valence-corrected chi connectivity index (χ2v) is 10.9. The first-order valence-corrected chi connectivity index (χ1v) is 14.7. The summed E-state index contributed by atoms with van der Waals surface area (Å²) in [4.78, 5) is 23.0. The van der Waals surface area contributed by atoms with Crippen LogP contribution in [0, 0.1) is 0 Å². The fraction of sp³-hybridized carbons (Fsp3) is 0.357. The fourth-order valence-electron chi connectivity index (χ4n) is 4.80. The number of fused-ring (bicyclic) bond motifs is 1. The zero-order valence-electron chi connectivity index (χ0n) is 23.4. The Hall–Kier alpha value is -3.54. The van der Waals surface area contributed by atoms with E-state index in [1.54, 1.807) is 37.6 Å². The van der Waals surface area contributed by atoms with E-state index in [1.807, 2.05) is 29.7 Å². The lowest BCUT2D eigenvalue weighted by Gasteiger charge is -2.35. The molecule has 2 N–H and O–H groups in total. The molecule has 0 saturated carbocycles. The number of methoxy groups -OCH3 is 1. The number of hydrogen-bond acceptors (Lipinski definition) is 11. The van der Waals surface area contributed by atoms with Crippen LogP contribution < -0.4 is 24.6 Å². The Kier molecular flexibility index (Phi) is 8.63. The van der Waals surface area contributed by atoms with Crippen LogP contribution >= 0.6 is 23.5 Å². The number of rotatable bonds is 9. The van der Waals surface area contributed by atoms with Gasteiger partial charge in [0.25, 0.3) is 0 Å². The van der Waals surface area contributed by atoms with E-state index < -0.39 is 0 Å². The maximum atomic E-state index is 6.56. The largest absolute Gasteiger partial charge is 0.494 e. The summed E-state index contributed by atoms with van der Waals surface area (Å²) in [6, 6.07) is 8.13. The normalized spacial score (nSPS) is 13.9. The summed E-state index contributed by atoms with van der Waals surface area (Å²) in [5.41, 5.74) is 6.53. The lowest BCUT2D eigenvalue weighted by molar-refractivity contribution is 0.312. The lowest BCUT2D eigenvalue weighted by atomic mass is 10.1. The van der Waals surface area contributed by atoms with Crippen molar-refractivity contribution < 1.29 is 4.74 Å². The molecular weight excluding hydrogens is 546 g/mol. The van der Waals surface area contributed by atoms with Crippen LogP contribution in [0.1, 0.15) is 12.5 Å². The SMILES string of the molecule is CCc1cc(Nc2ncc(Cl)c(Nc3ccc4nccnc4c3N(C)SC)n2)c(OC)cc1N1CCN(C)CC1. The van der Waals surface area contributed by atoms with Crippen molar-refractivity contribution in [2.24, 2.45) is 0 Å². The molecule has 0 amide bonds. The number of aryl methyl sites for hydroxylation is 1. The van der Waals surface area contributed by atoms with Gasteiger partial charge < -0.3 is 29.5 Å². The second kappa shape index (κ2) is 12.3. The van der Waals surface area contributed by atoms with Gasteiger partial charge in [0.1, 0.15) is 16.3 Å². The molecule has 1 aliphatic rings. The average Bonchev–Trinajstić information content (AvgIpc) is 2.98. The molecule has 40 heavy (non-hydrogen) atoms. The molecule has 4 aromatic rings. The van der Waals surface area contributed by atoms with E-state index in [4.69, 9.17) is 21.3 Å². The van der Waals surface area contributed by atoms with E-state index in [9.17, 15) is 0 Å². The number of aromatic nitrogens is 4. The standard InChI is InChI=1S/C28H34ClN9OS/c1-6-18-15-22(24(39-4)16-23(18)38-13-11-36(2)12-14-38)34-28-32-17-19(29)27(35-28)33-21-8-7-20-25(31-10-9-30-20)26(21)37(3)40-5/h7-10,15-17H,6,11-14H2,1-5H3,(H2,32,33,34,35). The lowest BCUT2D eigenvalue weighted by Crippen LogP contribution is -2.44. The Morgan fingerprint density at radius 3 is 2.55 bits per heavy atom. The number of likely N-dealkylation sites (N-methyl/N-ethyl adjacent to an activating group) is 1. The van der Waals surface area contributed by atoms with Crippen LogP contribution in [0.2, 0.25) is 5.02 Å². The Labute approximate surface area is 244 Å². The van der Waals surface area contributed by atoms with Crippen molar-refractivity contribution in [2.45, 2.75) is 13.3 Å². The molecule has 5 rings (SSSR count). The summed E-state index contributed by atoms with van der Waals surface area (Å²) in [7, 11) is 5.83. The molecule has 2 aromatic heterocycles. The van der Waals surface area contributed by atoms with Gasteiger partial charge in [0.05, 0.1) is 35.9 Å². The molecule has 0 radical (unpaired) electrons. The third-order valence-corrected chi connectivity index (χ3v) is 8.08. The van der Waals surface area contributed by atoms with E-state index in [0.717, 1.165) is 66.4 Å². The van der Waals surface area contributed by atoms with Crippen LogP contribution in [-0.4, -0.2) is 78.5 Å². The predicted molar refractivity (Wildman–Crippen MR) is 167 cm³/mol. The quantitative estimate of drug-likeness (QED) is 0.243. The van der Waals surface area contributed by atoms with Crippen molar-refractivity contribution in [1.29, 1.82) is 0 Å². The number of benzene rings is 2. The van der Waals surface area contributed by atoms with Gasteiger partial charge in [-0.3, -0.25) is 9.97 Å². The molecule has 0 atom stereocenters. The van der Waals surface area contributed by atoms with Gasteiger partial charge in [-0.05, 0) is 37.2 Å². The number of hydrogen-bond donors (Lipinski definition) is 2. The summed E-state index contributed by atoms with van der Waals surface area (Å²) >= 11 is 8.13. The number of piperazine rings is 1. The van der Waals surface area contributed by atoms with Gasteiger partial charge >= 0.3 is 0 Å². The summed E-state index contributed by atoms with van der Waals surface area (Å²) in [5.74, 6) is 1.61. The molecule has 1 saturated heterocycles. The van der Waals surface area contributed by atoms with Crippen molar-refractivity contribution in [3.05, 3.63) is 53.4 Å². The van der Waals surface area contributed by atoms with Crippen LogP contribution in [0.5, 0.6) is 5.75 Å². The van der Waals surface area contributed by atoms with Gasteiger partial charge in [0.2, 0.25) is 5.95 Å².